The molecular weight excluding hydrogens is 510 g/mol. The molecule has 4 aromatic rings. The molecule has 7 nitrogen and oxygen atoms in total. The van der Waals surface area contributed by atoms with Crippen molar-refractivity contribution in [2.75, 3.05) is 5.75 Å². The maximum Gasteiger partial charge on any atom is 0.419 e. The van der Waals surface area contributed by atoms with Crippen molar-refractivity contribution < 1.29 is 21.6 Å². The number of hydrogen-bond acceptors (Lipinski definition) is 5. The Morgan fingerprint density at radius 1 is 1.18 bits per heavy atom. The minimum absolute atomic E-state index is 0.0528. The standard InChI is InChI=1S/C16H11F3IN5O2S/c1-2-28(26,27)15-14(22-12-4-3-10(20)8-24(12)15)11-5-13-21-6-9(16(17,18)19)7-25(13)23-11/h3-8H,2H2,1H3. The zero-order chi connectivity index (χ0) is 20.3. The summed E-state index contributed by atoms with van der Waals surface area (Å²) in [6, 6.07) is 4.84. The third kappa shape index (κ3) is 3.13. The molecule has 4 heterocycles. The summed E-state index contributed by atoms with van der Waals surface area (Å²) in [5.41, 5.74) is -0.223. The number of imidazole rings is 1. The second-order valence-electron chi connectivity index (χ2n) is 5.92. The van der Waals surface area contributed by atoms with Crippen LogP contribution in [0.1, 0.15) is 12.5 Å². The van der Waals surface area contributed by atoms with Crippen molar-refractivity contribution in [3.05, 3.63) is 45.9 Å². The molecule has 0 aliphatic rings. The molecule has 0 saturated carbocycles. The van der Waals surface area contributed by atoms with E-state index < -0.39 is 21.6 Å². The number of sulfone groups is 1. The van der Waals surface area contributed by atoms with Crippen LogP contribution in [0.3, 0.4) is 0 Å². The van der Waals surface area contributed by atoms with Crippen LogP contribution < -0.4 is 0 Å². The van der Waals surface area contributed by atoms with Gasteiger partial charge in [-0.2, -0.15) is 18.3 Å². The van der Waals surface area contributed by atoms with Crippen LogP contribution in [0.2, 0.25) is 0 Å². The Kier molecular flexibility index (Phi) is 4.37. The zero-order valence-corrected chi connectivity index (χ0v) is 17.1. The summed E-state index contributed by atoms with van der Waals surface area (Å²) in [6.45, 7) is 1.51. The van der Waals surface area contributed by atoms with Crippen LogP contribution >= 0.6 is 22.6 Å². The first-order chi connectivity index (χ1) is 13.1. The Hall–Kier alpha value is -2.22. The van der Waals surface area contributed by atoms with Crippen molar-refractivity contribution >= 4 is 43.7 Å². The highest BCUT2D eigenvalue weighted by Crippen LogP contribution is 2.31. The van der Waals surface area contributed by atoms with E-state index in [0.29, 0.717) is 11.8 Å². The van der Waals surface area contributed by atoms with Crippen LogP contribution in [0.5, 0.6) is 0 Å². The first-order valence-electron chi connectivity index (χ1n) is 7.93. The summed E-state index contributed by atoms with van der Waals surface area (Å²) in [7, 11) is -3.70. The number of rotatable bonds is 3. The van der Waals surface area contributed by atoms with E-state index in [-0.39, 0.29) is 27.8 Å². The fourth-order valence-electron chi connectivity index (χ4n) is 2.74. The lowest BCUT2D eigenvalue weighted by Crippen LogP contribution is -2.09. The summed E-state index contributed by atoms with van der Waals surface area (Å²) < 4.78 is 67.4. The average Bonchev–Trinajstić information content (AvgIpc) is 3.21. The summed E-state index contributed by atoms with van der Waals surface area (Å²) in [6.07, 6.45) is -1.43. The highest BCUT2D eigenvalue weighted by molar-refractivity contribution is 14.1. The SMILES string of the molecule is CCS(=O)(=O)c1c(-c2cc3ncc(C(F)(F)F)cn3n2)nc2ccc(I)cn12. The van der Waals surface area contributed by atoms with Crippen LogP contribution in [0.15, 0.2) is 41.8 Å². The molecule has 0 radical (unpaired) electrons. The van der Waals surface area contributed by atoms with E-state index in [4.69, 9.17) is 0 Å². The molecule has 12 heteroatoms. The first kappa shape index (κ1) is 19.1. The molecule has 146 valence electrons. The Morgan fingerprint density at radius 2 is 1.93 bits per heavy atom. The second kappa shape index (κ2) is 6.40. The van der Waals surface area contributed by atoms with Gasteiger partial charge in [0.25, 0.3) is 0 Å². The second-order valence-corrected chi connectivity index (χ2v) is 9.36. The van der Waals surface area contributed by atoms with E-state index in [9.17, 15) is 21.6 Å². The predicted octanol–water partition coefficient (Wildman–Crippen LogP) is 3.46. The molecule has 0 bridgehead atoms. The largest absolute Gasteiger partial charge is 0.419 e. The van der Waals surface area contributed by atoms with Crippen molar-refractivity contribution in [3.8, 4) is 11.4 Å². The van der Waals surface area contributed by atoms with Gasteiger partial charge in [0.1, 0.15) is 17.0 Å². The maximum absolute atomic E-state index is 12.9. The number of pyridine rings is 1. The third-order valence-corrected chi connectivity index (χ3v) is 6.47. The van der Waals surface area contributed by atoms with E-state index in [0.717, 1.165) is 14.3 Å². The molecule has 0 spiro atoms. The summed E-state index contributed by atoms with van der Waals surface area (Å²) in [5, 5.41) is 4.04. The van der Waals surface area contributed by atoms with Gasteiger partial charge in [0.05, 0.1) is 11.3 Å². The van der Waals surface area contributed by atoms with E-state index in [1.165, 1.54) is 17.4 Å². The fourth-order valence-corrected chi connectivity index (χ4v) is 4.36. The molecule has 0 unspecified atom stereocenters. The molecule has 0 fully saturated rings. The van der Waals surface area contributed by atoms with Gasteiger partial charge in [-0.15, -0.1) is 0 Å². The number of hydrogen-bond donors (Lipinski definition) is 0. The van der Waals surface area contributed by atoms with Crippen molar-refractivity contribution in [1.29, 1.82) is 0 Å². The number of aromatic nitrogens is 5. The van der Waals surface area contributed by atoms with Crippen LogP contribution in [0.25, 0.3) is 22.7 Å². The van der Waals surface area contributed by atoms with E-state index in [1.54, 1.807) is 18.3 Å². The molecule has 0 amide bonds. The van der Waals surface area contributed by atoms with Crippen LogP contribution in [-0.4, -0.2) is 38.2 Å². The van der Waals surface area contributed by atoms with Gasteiger partial charge in [0.2, 0.25) is 0 Å². The maximum atomic E-state index is 12.9. The lowest BCUT2D eigenvalue weighted by atomic mass is 10.3. The van der Waals surface area contributed by atoms with E-state index >= 15 is 0 Å². The lowest BCUT2D eigenvalue weighted by Gasteiger charge is -2.05. The number of fused-ring (bicyclic) bond motifs is 2. The number of alkyl halides is 3. The number of halogens is 4. The van der Waals surface area contributed by atoms with E-state index in [1.807, 2.05) is 0 Å². The zero-order valence-electron chi connectivity index (χ0n) is 14.1. The van der Waals surface area contributed by atoms with E-state index in [2.05, 4.69) is 37.7 Å². The minimum Gasteiger partial charge on any atom is -0.289 e. The molecule has 0 N–H and O–H groups in total. The van der Waals surface area contributed by atoms with Crippen LogP contribution in [0.4, 0.5) is 13.2 Å². The topological polar surface area (TPSA) is 81.6 Å². The summed E-state index contributed by atoms with van der Waals surface area (Å²) >= 11 is 2.05. The Morgan fingerprint density at radius 3 is 2.61 bits per heavy atom. The monoisotopic (exact) mass is 521 g/mol. The number of nitrogens with zero attached hydrogens (tertiary/aromatic N) is 5. The van der Waals surface area contributed by atoms with Gasteiger partial charge in [-0.05, 0) is 34.7 Å². The highest BCUT2D eigenvalue weighted by Gasteiger charge is 2.32. The highest BCUT2D eigenvalue weighted by atomic mass is 127. The molecule has 0 atom stereocenters. The molecule has 4 rings (SSSR count). The molecule has 0 aliphatic carbocycles. The predicted molar refractivity (Wildman–Crippen MR) is 103 cm³/mol. The Labute approximate surface area is 170 Å². The molecular formula is C16H11F3IN5O2S. The quantitative estimate of drug-likeness (QED) is 0.386. The smallest absolute Gasteiger partial charge is 0.289 e. The third-order valence-electron chi connectivity index (χ3n) is 4.10. The van der Waals surface area contributed by atoms with Crippen molar-refractivity contribution in [2.45, 2.75) is 18.1 Å². The molecule has 0 aromatic carbocycles. The molecule has 4 aromatic heterocycles. The van der Waals surface area contributed by atoms with Gasteiger partial charge in [-0.25, -0.2) is 22.9 Å². The van der Waals surface area contributed by atoms with Crippen molar-refractivity contribution in [2.24, 2.45) is 0 Å². The van der Waals surface area contributed by atoms with Gasteiger partial charge in [0, 0.05) is 28.2 Å². The average molecular weight is 521 g/mol. The van der Waals surface area contributed by atoms with Gasteiger partial charge >= 0.3 is 6.18 Å². The first-order valence-corrected chi connectivity index (χ1v) is 10.7. The van der Waals surface area contributed by atoms with Crippen LogP contribution in [-0.2, 0) is 16.0 Å². The Balaban J connectivity index is 2.00. The normalized spacial score (nSPS) is 12.9. The summed E-state index contributed by atoms with van der Waals surface area (Å²) in [4.78, 5) is 8.13. The van der Waals surface area contributed by atoms with Gasteiger partial charge in [-0.1, -0.05) is 6.92 Å². The summed E-state index contributed by atoms with van der Waals surface area (Å²) in [5.74, 6) is -0.164. The Bertz CT molecular complexity index is 1330. The van der Waals surface area contributed by atoms with Gasteiger partial charge < -0.3 is 0 Å². The van der Waals surface area contributed by atoms with Crippen LogP contribution in [0, 0.1) is 3.57 Å². The lowest BCUT2D eigenvalue weighted by molar-refractivity contribution is -0.138. The molecule has 28 heavy (non-hydrogen) atoms. The fraction of sp³-hybridized carbons (Fsp3) is 0.188. The molecule has 0 saturated heterocycles. The van der Waals surface area contributed by atoms with Crippen molar-refractivity contribution in [1.82, 2.24) is 24.0 Å². The molecule has 0 aliphatic heterocycles. The minimum atomic E-state index is -4.57. The van der Waals surface area contributed by atoms with Gasteiger partial charge in [-0.3, -0.25) is 4.40 Å². The van der Waals surface area contributed by atoms with Gasteiger partial charge in [0.15, 0.2) is 20.5 Å². The van der Waals surface area contributed by atoms with Crippen molar-refractivity contribution in [3.63, 3.8) is 0 Å².